The summed E-state index contributed by atoms with van der Waals surface area (Å²) < 4.78 is 27.1. The van der Waals surface area contributed by atoms with Gasteiger partial charge in [0.25, 0.3) is 5.91 Å². The van der Waals surface area contributed by atoms with Crippen molar-refractivity contribution < 1.29 is 13.2 Å². The first-order chi connectivity index (χ1) is 12.8. The van der Waals surface area contributed by atoms with Gasteiger partial charge in [-0.15, -0.1) is 0 Å². The molecule has 1 saturated heterocycles. The number of carbonyl (C=O) groups excluding carboxylic acids is 1. The SMILES string of the molecule is CN1CCN(S(=O)(=O)c2cccc(NC(=O)c3cc(Cl)nc(Cl)c3)c2)CC1. The number of rotatable bonds is 4. The lowest BCUT2D eigenvalue weighted by atomic mass is 10.2. The van der Waals surface area contributed by atoms with Crippen LogP contribution in [0.25, 0.3) is 0 Å². The monoisotopic (exact) mass is 428 g/mol. The number of aromatic nitrogens is 1. The van der Waals surface area contributed by atoms with Crippen LogP contribution in [0.1, 0.15) is 10.4 Å². The van der Waals surface area contributed by atoms with Crippen LogP contribution in [-0.2, 0) is 10.0 Å². The van der Waals surface area contributed by atoms with Crippen molar-refractivity contribution in [3.8, 4) is 0 Å². The fourth-order valence-corrected chi connectivity index (χ4v) is 4.64. The number of hydrogen-bond acceptors (Lipinski definition) is 5. The van der Waals surface area contributed by atoms with Crippen LogP contribution in [0.15, 0.2) is 41.3 Å². The first kappa shape index (κ1) is 20.0. The first-order valence-corrected chi connectivity index (χ1v) is 10.4. The quantitative estimate of drug-likeness (QED) is 0.756. The molecule has 7 nitrogen and oxygen atoms in total. The molecular weight excluding hydrogens is 411 g/mol. The molecule has 1 N–H and O–H groups in total. The van der Waals surface area contributed by atoms with Crippen LogP contribution in [-0.4, -0.2) is 61.7 Å². The smallest absolute Gasteiger partial charge is 0.255 e. The molecule has 0 unspecified atom stereocenters. The molecule has 27 heavy (non-hydrogen) atoms. The molecule has 0 radical (unpaired) electrons. The molecule has 10 heteroatoms. The van der Waals surface area contributed by atoms with Gasteiger partial charge in [0.2, 0.25) is 10.0 Å². The molecule has 0 aliphatic carbocycles. The molecule has 0 atom stereocenters. The van der Waals surface area contributed by atoms with Crippen LogP contribution in [0.5, 0.6) is 0 Å². The molecular formula is C17H18Cl2N4O3S. The van der Waals surface area contributed by atoms with Crippen molar-refractivity contribution in [2.45, 2.75) is 4.90 Å². The van der Waals surface area contributed by atoms with E-state index in [9.17, 15) is 13.2 Å². The summed E-state index contributed by atoms with van der Waals surface area (Å²) in [6.45, 7) is 2.23. The third kappa shape index (κ3) is 4.77. The fourth-order valence-electron chi connectivity index (χ4n) is 2.71. The highest BCUT2D eigenvalue weighted by atomic mass is 35.5. The zero-order valence-corrected chi connectivity index (χ0v) is 16.9. The molecule has 1 fully saturated rings. The van der Waals surface area contributed by atoms with Crippen molar-refractivity contribution in [3.63, 3.8) is 0 Å². The second-order valence-electron chi connectivity index (χ2n) is 6.19. The van der Waals surface area contributed by atoms with Gasteiger partial charge in [-0.3, -0.25) is 4.79 Å². The number of amides is 1. The Hall–Kier alpha value is -1.71. The van der Waals surface area contributed by atoms with Crippen molar-refractivity contribution in [1.29, 1.82) is 0 Å². The average Bonchev–Trinajstić information content (AvgIpc) is 2.61. The van der Waals surface area contributed by atoms with E-state index in [0.29, 0.717) is 31.9 Å². The number of hydrogen-bond donors (Lipinski definition) is 1. The van der Waals surface area contributed by atoms with Crippen molar-refractivity contribution in [1.82, 2.24) is 14.2 Å². The summed E-state index contributed by atoms with van der Waals surface area (Å²) in [6, 6.07) is 8.93. The summed E-state index contributed by atoms with van der Waals surface area (Å²) in [6.07, 6.45) is 0. The van der Waals surface area contributed by atoms with Crippen LogP contribution in [0, 0.1) is 0 Å². The number of nitrogens with zero attached hydrogens (tertiary/aromatic N) is 3. The maximum absolute atomic E-state index is 12.8. The number of pyridine rings is 1. The molecule has 1 amide bonds. The van der Waals surface area contributed by atoms with Crippen LogP contribution in [0.2, 0.25) is 10.3 Å². The minimum Gasteiger partial charge on any atom is -0.322 e. The maximum Gasteiger partial charge on any atom is 0.255 e. The third-order valence-corrected chi connectivity index (χ3v) is 6.50. The van der Waals surface area contributed by atoms with E-state index < -0.39 is 15.9 Å². The number of nitrogens with one attached hydrogen (secondary N) is 1. The summed E-state index contributed by atoms with van der Waals surface area (Å²) in [5.74, 6) is -0.463. The second-order valence-corrected chi connectivity index (χ2v) is 8.90. The van der Waals surface area contributed by atoms with Crippen molar-refractivity contribution in [2.75, 3.05) is 38.5 Å². The summed E-state index contributed by atoms with van der Waals surface area (Å²) in [5, 5.41) is 2.85. The Labute approximate surface area is 167 Å². The van der Waals surface area contributed by atoms with Gasteiger partial charge in [0.05, 0.1) is 4.90 Å². The van der Waals surface area contributed by atoms with Crippen LogP contribution in [0.4, 0.5) is 5.69 Å². The lowest BCUT2D eigenvalue weighted by Crippen LogP contribution is -2.47. The molecule has 3 rings (SSSR count). The highest BCUT2D eigenvalue weighted by Gasteiger charge is 2.27. The van der Waals surface area contributed by atoms with E-state index >= 15 is 0 Å². The minimum absolute atomic E-state index is 0.0963. The topological polar surface area (TPSA) is 82.6 Å². The Bertz CT molecular complexity index is 940. The third-order valence-electron chi connectivity index (χ3n) is 4.22. The Kier molecular flexibility index (Phi) is 6.02. The summed E-state index contributed by atoms with van der Waals surface area (Å²) in [7, 11) is -1.66. The Balaban J connectivity index is 1.80. The molecule has 144 valence electrons. The molecule has 1 aliphatic rings. The predicted octanol–water partition coefficient (Wildman–Crippen LogP) is 2.58. The van der Waals surface area contributed by atoms with Crippen LogP contribution < -0.4 is 5.32 Å². The minimum atomic E-state index is -3.62. The number of likely N-dealkylation sites (N-methyl/N-ethyl adjacent to an activating group) is 1. The van der Waals surface area contributed by atoms with E-state index in [1.807, 2.05) is 7.05 Å². The van der Waals surface area contributed by atoms with Gasteiger partial charge in [-0.25, -0.2) is 13.4 Å². The zero-order valence-electron chi connectivity index (χ0n) is 14.5. The van der Waals surface area contributed by atoms with E-state index in [4.69, 9.17) is 23.2 Å². The molecule has 2 aromatic rings. The van der Waals surface area contributed by atoms with E-state index in [-0.39, 0.29) is 20.8 Å². The number of benzene rings is 1. The zero-order chi connectivity index (χ0) is 19.6. The average molecular weight is 429 g/mol. The van der Waals surface area contributed by atoms with Gasteiger partial charge in [0.15, 0.2) is 0 Å². The fraction of sp³-hybridized carbons (Fsp3) is 0.294. The molecule has 0 bridgehead atoms. The molecule has 1 aliphatic heterocycles. The molecule has 0 spiro atoms. The van der Waals surface area contributed by atoms with Crippen molar-refractivity contribution in [3.05, 3.63) is 52.3 Å². The number of carbonyl (C=O) groups is 1. The number of piperazine rings is 1. The Morgan fingerprint density at radius 1 is 1.07 bits per heavy atom. The van der Waals surface area contributed by atoms with Gasteiger partial charge in [-0.05, 0) is 37.4 Å². The van der Waals surface area contributed by atoms with Crippen molar-refractivity contribution >= 4 is 44.8 Å². The number of anilines is 1. The second kappa shape index (κ2) is 8.12. The first-order valence-electron chi connectivity index (χ1n) is 8.19. The van der Waals surface area contributed by atoms with Gasteiger partial charge in [-0.1, -0.05) is 29.3 Å². The molecule has 1 aromatic heterocycles. The van der Waals surface area contributed by atoms with E-state index in [1.54, 1.807) is 12.1 Å². The highest BCUT2D eigenvalue weighted by Crippen LogP contribution is 2.22. The summed E-state index contributed by atoms with van der Waals surface area (Å²) >= 11 is 11.6. The summed E-state index contributed by atoms with van der Waals surface area (Å²) in [4.78, 5) is 18.4. The predicted molar refractivity (Wildman–Crippen MR) is 105 cm³/mol. The van der Waals surface area contributed by atoms with Gasteiger partial charge < -0.3 is 10.2 Å². The number of sulfonamides is 1. The van der Waals surface area contributed by atoms with E-state index in [2.05, 4.69) is 15.2 Å². The van der Waals surface area contributed by atoms with E-state index in [1.165, 1.54) is 28.6 Å². The lowest BCUT2D eigenvalue weighted by Gasteiger charge is -2.31. The molecule has 2 heterocycles. The normalized spacial score (nSPS) is 16.3. The largest absolute Gasteiger partial charge is 0.322 e. The highest BCUT2D eigenvalue weighted by molar-refractivity contribution is 7.89. The van der Waals surface area contributed by atoms with Gasteiger partial charge in [-0.2, -0.15) is 4.31 Å². The van der Waals surface area contributed by atoms with E-state index in [0.717, 1.165) is 0 Å². The standard InChI is InChI=1S/C17H18Cl2N4O3S/c1-22-5-7-23(8-6-22)27(25,26)14-4-2-3-13(11-14)20-17(24)12-9-15(18)21-16(19)10-12/h2-4,9-11H,5-8H2,1H3,(H,20,24). The number of halogens is 2. The Morgan fingerprint density at radius 2 is 1.70 bits per heavy atom. The molecule has 1 aromatic carbocycles. The Morgan fingerprint density at radius 3 is 2.33 bits per heavy atom. The van der Waals surface area contributed by atoms with Gasteiger partial charge in [0, 0.05) is 37.4 Å². The lowest BCUT2D eigenvalue weighted by molar-refractivity contribution is 0.102. The van der Waals surface area contributed by atoms with Crippen molar-refractivity contribution in [2.24, 2.45) is 0 Å². The summed E-state index contributed by atoms with van der Waals surface area (Å²) in [5.41, 5.74) is 0.589. The maximum atomic E-state index is 12.8. The van der Waals surface area contributed by atoms with Gasteiger partial charge >= 0.3 is 0 Å². The molecule has 0 saturated carbocycles. The van der Waals surface area contributed by atoms with Crippen LogP contribution in [0.3, 0.4) is 0 Å². The van der Waals surface area contributed by atoms with Gasteiger partial charge in [0.1, 0.15) is 10.3 Å². The van der Waals surface area contributed by atoms with Crippen LogP contribution >= 0.6 is 23.2 Å².